The molecule has 0 radical (unpaired) electrons. The summed E-state index contributed by atoms with van der Waals surface area (Å²) in [7, 11) is 0. The Kier molecular flexibility index (Phi) is 5.23. The van der Waals surface area contributed by atoms with Gasteiger partial charge in [-0.15, -0.1) is 4.68 Å². The van der Waals surface area contributed by atoms with Gasteiger partial charge in [-0.05, 0) is 27.7 Å². The Balaban J connectivity index is 2.62. The molecule has 0 saturated heterocycles. The van der Waals surface area contributed by atoms with Crippen molar-refractivity contribution in [2.75, 3.05) is 0 Å². The Labute approximate surface area is 139 Å². The first-order chi connectivity index (χ1) is 11.3. The molecule has 0 amide bonds. The van der Waals surface area contributed by atoms with Crippen molar-refractivity contribution in [2.24, 2.45) is 0 Å². The van der Waals surface area contributed by atoms with E-state index in [9.17, 15) is 14.4 Å². The van der Waals surface area contributed by atoms with Gasteiger partial charge in [-0.3, -0.25) is 4.79 Å². The Hall–Kier alpha value is -2.83. The van der Waals surface area contributed by atoms with E-state index in [1.807, 2.05) is 6.07 Å². The minimum absolute atomic E-state index is 0.256. The summed E-state index contributed by atoms with van der Waals surface area (Å²) in [6.45, 7) is 6.67. The van der Waals surface area contributed by atoms with Crippen LogP contribution < -0.4 is 5.56 Å². The molecule has 0 aliphatic heterocycles. The van der Waals surface area contributed by atoms with Gasteiger partial charge in [-0.1, -0.05) is 30.3 Å². The standard InChI is InChI=1S/C17H20N2O5/c1-11(2)23-16(21)18-14(13-8-6-5-7-9-13)10-15(20)19(18)17(22)24-12(3)4/h5-12H,1-4H3. The van der Waals surface area contributed by atoms with Crippen molar-refractivity contribution >= 4 is 12.2 Å². The summed E-state index contributed by atoms with van der Waals surface area (Å²) in [6, 6.07) is 10.0. The second kappa shape index (κ2) is 7.16. The molecule has 128 valence electrons. The quantitative estimate of drug-likeness (QED) is 0.863. The molecule has 2 rings (SSSR count). The third-order valence-electron chi connectivity index (χ3n) is 2.99. The van der Waals surface area contributed by atoms with Crippen LogP contribution in [0.5, 0.6) is 0 Å². The summed E-state index contributed by atoms with van der Waals surface area (Å²) < 4.78 is 11.8. The summed E-state index contributed by atoms with van der Waals surface area (Å²) >= 11 is 0. The summed E-state index contributed by atoms with van der Waals surface area (Å²) in [4.78, 5) is 37.0. The van der Waals surface area contributed by atoms with Crippen LogP contribution in [0.1, 0.15) is 27.7 Å². The number of hydrogen-bond acceptors (Lipinski definition) is 5. The van der Waals surface area contributed by atoms with Crippen LogP contribution in [0.3, 0.4) is 0 Å². The van der Waals surface area contributed by atoms with Crippen LogP contribution >= 0.6 is 0 Å². The molecule has 0 saturated carbocycles. The normalized spacial score (nSPS) is 10.9. The first-order valence-corrected chi connectivity index (χ1v) is 7.63. The highest BCUT2D eigenvalue weighted by molar-refractivity contribution is 5.82. The predicted molar refractivity (Wildman–Crippen MR) is 88.2 cm³/mol. The first-order valence-electron chi connectivity index (χ1n) is 7.63. The van der Waals surface area contributed by atoms with E-state index in [2.05, 4.69) is 0 Å². The number of aromatic nitrogens is 2. The molecule has 0 unspecified atom stereocenters. The van der Waals surface area contributed by atoms with Crippen molar-refractivity contribution in [1.29, 1.82) is 0 Å². The summed E-state index contributed by atoms with van der Waals surface area (Å²) in [6.07, 6.45) is -2.60. The molecule has 1 aromatic carbocycles. The Morgan fingerprint density at radius 2 is 1.38 bits per heavy atom. The molecule has 1 heterocycles. The number of carbonyl (C=O) groups excluding carboxylic acids is 2. The minimum Gasteiger partial charge on any atom is -0.445 e. The van der Waals surface area contributed by atoms with Gasteiger partial charge >= 0.3 is 12.2 Å². The lowest BCUT2D eigenvalue weighted by Gasteiger charge is -2.15. The van der Waals surface area contributed by atoms with Crippen LogP contribution in [0.4, 0.5) is 9.59 Å². The van der Waals surface area contributed by atoms with Crippen molar-refractivity contribution < 1.29 is 19.1 Å². The fraction of sp³-hybridized carbons (Fsp3) is 0.353. The molecule has 0 aliphatic rings. The van der Waals surface area contributed by atoms with Gasteiger partial charge in [0.1, 0.15) is 0 Å². The van der Waals surface area contributed by atoms with Crippen molar-refractivity contribution in [1.82, 2.24) is 9.36 Å². The largest absolute Gasteiger partial charge is 0.445 e. The Bertz CT molecular complexity index is 787. The molecule has 0 aliphatic carbocycles. The third kappa shape index (κ3) is 3.73. The van der Waals surface area contributed by atoms with Gasteiger partial charge in [0.05, 0.1) is 17.9 Å². The molecule has 0 spiro atoms. The topological polar surface area (TPSA) is 79.5 Å². The van der Waals surface area contributed by atoms with Crippen molar-refractivity contribution in [2.45, 2.75) is 39.9 Å². The van der Waals surface area contributed by atoms with Crippen molar-refractivity contribution in [3.8, 4) is 11.3 Å². The van der Waals surface area contributed by atoms with E-state index >= 15 is 0 Å². The van der Waals surface area contributed by atoms with Gasteiger partial charge in [-0.2, -0.15) is 4.68 Å². The maximum absolute atomic E-state index is 12.4. The number of carbonyl (C=O) groups is 2. The van der Waals surface area contributed by atoms with E-state index in [4.69, 9.17) is 9.47 Å². The highest BCUT2D eigenvalue weighted by Crippen LogP contribution is 2.19. The fourth-order valence-electron chi connectivity index (χ4n) is 2.11. The zero-order valence-corrected chi connectivity index (χ0v) is 14.1. The molecule has 1 aromatic heterocycles. The van der Waals surface area contributed by atoms with E-state index < -0.39 is 30.0 Å². The van der Waals surface area contributed by atoms with Gasteiger partial charge in [0, 0.05) is 11.6 Å². The van der Waals surface area contributed by atoms with E-state index in [0.29, 0.717) is 10.2 Å². The SMILES string of the molecule is CC(C)OC(=O)n1c(-c2ccccc2)cc(=O)n1C(=O)OC(C)C. The zero-order chi connectivity index (χ0) is 17.9. The van der Waals surface area contributed by atoms with E-state index in [1.165, 1.54) is 6.07 Å². The fourth-order valence-corrected chi connectivity index (χ4v) is 2.11. The third-order valence-corrected chi connectivity index (χ3v) is 2.99. The van der Waals surface area contributed by atoms with E-state index in [-0.39, 0.29) is 5.69 Å². The van der Waals surface area contributed by atoms with Crippen molar-refractivity contribution in [3.05, 3.63) is 46.8 Å². The predicted octanol–water partition coefficient (Wildman–Crippen LogP) is 3.10. The molecular formula is C17H20N2O5. The van der Waals surface area contributed by atoms with Crippen LogP contribution in [-0.2, 0) is 9.47 Å². The van der Waals surface area contributed by atoms with Gasteiger partial charge in [0.15, 0.2) is 0 Å². The number of ether oxygens (including phenoxy) is 2. The lowest BCUT2D eigenvalue weighted by atomic mass is 10.1. The van der Waals surface area contributed by atoms with Crippen LogP contribution in [0.15, 0.2) is 41.2 Å². The van der Waals surface area contributed by atoms with E-state index in [0.717, 1.165) is 4.68 Å². The van der Waals surface area contributed by atoms with Crippen LogP contribution in [-0.4, -0.2) is 33.8 Å². The number of rotatable bonds is 3. The minimum atomic E-state index is -0.933. The van der Waals surface area contributed by atoms with Crippen LogP contribution in [0.2, 0.25) is 0 Å². The molecule has 0 fully saturated rings. The average Bonchev–Trinajstić information content (AvgIpc) is 2.84. The first kappa shape index (κ1) is 17.5. The molecule has 0 N–H and O–H groups in total. The van der Waals surface area contributed by atoms with E-state index in [1.54, 1.807) is 52.0 Å². The summed E-state index contributed by atoms with van der Waals surface area (Å²) in [5.74, 6) is 0. The summed E-state index contributed by atoms with van der Waals surface area (Å²) in [5, 5.41) is 0. The second-order valence-electron chi connectivity index (χ2n) is 5.72. The Morgan fingerprint density at radius 1 is 0.875 bits per heavy atom. The van der Waals surface area contributed by atoms with Gasteiger partial charge < -0.3 is 9.47 Å². The summed E-state index contributed by atoms with van der Waals surface area (Å²) in [5.41, 5.74) is 0.193. The lowest BCUT2D eigenvalue weighted by molar-refractivity contribution is 0.0948. The van der Waals surface area contributed by atoms with Crippen molar-refractivity contribution in [3.63, 3.8) is 0 Å². The molecule has 2 aromatic rings. The zero-order valence-electron chi connectivity index (χ0n) is 14.1. The van der Waals surface area contributed by atoms with Gasteiger partial charge in [-0.25, -0.2) is 9.59 Å². The molecule has 7 heteroatoms. The lowest BCUT2D eigenvalue weighted by Crippen LogP contribution is -2.36. The smallest absolute Gasteiger partial charge is 0.437 e. The molecule has 0 bridgehead atoms. The number of hydrogen-bond donors (Lipinski definition) is 0. The van der Waals surface area contributed by atoms with Gasteiger partial charge in [0.2, 0.25) is 0 Å². The average molecular weight is 332 g/mol. The number of nitrogens with zero attached hydrogens (tertiary/aromatic N) is 2. The highest BCUT2D eigenvalue weighted by Gasteiger charge is 2.25. The molecule has 7 nitrogen and oxygen atoms in total. The maximum Gasteiger partial charge on any atom is 0.437 e. The van der Waals surface area contributed by atoms with Crippen LogP contribution in [0, 0.1) is 0 Å². The van der Waals surface area contributed by atoms with Crippen LogP contribution in [0.25, 0.3) is 11.3 Å². The molecule has 24 heavy (non-hydrogen) atoms. The Morgan fingerprint density at radius 3 is 1.88 bits per heavy atom. The molecule has 0 atom stereocenters. The van der Waals surface area contributed by atoms with Gasteiger partial charge in [0.25, 0.3) is 5.56 Å². The second-order valence-corrected chi connectivity index (χ2v) is 5.72. The number of benzene rings is 1. The monoisotopic (exact) mass is 332 g/mol. The highest BCUT2D eigenvalue weighted by atomic mass is 16.6. The maximum atomic E-state index is 12.4. The molecular weight excluding hydrogens is 312 g/mol.